The molecule has 1 aliphatic heterocycles. The molecule has 1 atom stereocenters. The molecule has 1 aliphatic rings. The van der Waals surface area contributed by atoms with Crippen LogP contribution < -0.4 is 20.5 Å². The number of carbonyl (C=O) groups is 1. The van der Waals surface area contributed by atoms with E-state index >= 15 is 0 Å². The van der Waals surface area contributed by atoms with Crippen LogP contribution in [0.25, 0.3) is 0 Å². The number of ether oxygens (including phenoxy) is 2. The summed E-state index contributed by atoms with van der Waals surface area (Å²) in [6.07, 6.45) is 1.08. The highest BCUT2D eigenvalue weighted by atomic mass is 35.5. The van der Waals surface area contributed by atoms with Crippen LogP contribution in [-0.4, -0.2) is 59.0 Å². The molecule has 11 heteroatoms. The molecule has 0 radical (unpaired) electrons. The minimum Gasteiger partial charge on any atom is -0.493 e. The lowest BCUT2D eigenvalue weighted by Crippen LogP contribution is -2.46. The van der Waals surface area contributed by atoms with Gasteiger partial charge in [0.1, 0.15) is 10.7 Å². The minimum absolute atomic E-state index is 0. The van der Waals surface area contributed by atoms with E-state index in [0.717, 1.165) is 16.4 Å². The lowest BCUT2D eigenvalue weighted by molar-refractivity contribution is -0.126. The first-order chi connectivity index (χ1) is 12.3. The predicted molar refractivity (Wildman–Crippen MR) is 100 cm³/mol. The molecule has 3 N–H and O–H groups in total. The van der Waals surface area contributed by atoms with Crippen LogP contribution in [0, 0.1) is 11.7 Å². The number of sulfonamides is 1. The molecule has 0 aromatic heterocycles. The van der Waals surface area contributed by atoms with Gasteiger partial charge >= 0.3 is 0 Å². The number of piperidine rings is 1. The molecule has 1 saturated heterocycles. The summed E-state index contributed by atoms with van der Waals surface area (Å²) in [6.45, 7) is 0.840. The molecule has 0 aliphatic carbocycles. The molecule has 1 amide bonds. The van der Waals surface area contributed by atoms with Gasteiger partial charge in [0.25, 0.3) is 0 Å². The number of nitrogens with zero attached hydrogens (tertiary/aromatic N) is 1. The number of benzene rings is 1. The maximum Gasteiger partial charge on any atom is 0.246 e. The molecule has 8 nitrogen and oxygen atoms in total. The van der Waals surface area contributed by atoms with Gasteiger partial charge in [-0.25, -0.2) is 12.8 Å². The Morgan fingerprint density at radius 2 is 1.96 bits per heavy atom. The summed E-state index contributed by atoms with van der Waals surface area (Å²) in [6, 6.07) is 2.07. The van der Waals surface area contributed by atoms with E-state index in [-0.39, 0.29) is 42.9 Å². The highest BCUT2D eigenvalue weighted by molar-refractivity contribution is 7.89. The summed E-state index contributed by atoms with van der Waals surface area (Å²) < 4.78 is 51.4. The zero-order chi connectivity index (χ0) is 19.3. The van der Waals surface area contributed by atoms with E-state index in [9.17, 15) is 17.6 Å². The topological polar surface area (TPSA) is 111 Å². The lowest BCUT2D eigenvalue weighted by Gasteiger charge is -2.31. The van der Waals surface area contributed by atoms with E-state index in [2.05, 4.69) is 5.32 Å². The van der Waals surface area contributed by atoms with Gasteiger partial charge in [-0.05, 0) is 12.8 Å². The molecule has 2 rings (SSSR count). The number of carbonyl (C=O) groups excluding carboxylic acids is 1. The second kappa shape index (κ2) is 10.1. The van der Waals surface area contributed by atoms with Gasteiger partial charge in [-0.2, -0.15) is 4.31 Å². The first kappa shape index (κ1) is 23.4. The number of halogens is 2. The second-order valence-corrected chi connectivity index (χ2v) is 7.83. The Morgan fingerprint density at radius 3 is 2.56 bits per heavy atom. The number of hydrogen-bond donors (Lipinski definition) is 2. The number of hydrogen-bond acceptors (Lipinski definition) is 6. The zero-order valence-electron chi connectivity index (χ0n) is 15.2. The summed E-state index contributed by atoms with van der Waals surface area (Å²) >= 11 is 0. The van der Waals surface area contributed by atoms with E-state index in [1.165, 1.54) is 14.2 Å². The maximum atomic E-state index is 14.4. The number of nitrogens with one attached hydrogen (secondary N) is 1. The minimum atomic E-state index is -4.12. The van der Waals surface area contributed by atoms with E-state index < -0.39 is 26.7 Å². The fourth-order valence-corrected chi connectivity index (χ4v) is 4.47. The van der Waals surface area contributed by atoms with Gasteiger partial charge in [0.05, 0.1) is 20.1 Å². The molecule has 1 aromatic carbocycles. The Morgan fingerprint density at radius 1 is 1.33 bits per heavy atom. The number of rotatable bonds is 7. The standard InChI is InChI=1S/C16H24FN3O5S.ClH/c1-24-13-8-12(17)15(9-14(13)25-2)26(22,23)20-7-3-4-11(10-20)16(21)19-6-5-18;/h8-9,11H,3-7,10,18H2,1-2H3,(H,19,21);1H. The Balaban J connectivity index is 0.00000364. The SMILES string of the molecule is COc1cc(F)c(S(=O)(=O)N2CCCC(C(=O)NCCN)C2)cc1OC.Cl. The van der Waals surface area contributed by atoms with Crippen molar-refractivity contribution in [1.82, 2.24) is 9.62 Å². The Hall–Kier alpha value is -1.62. The highest BCUT2D eigenvalue weighted by Gasteiger charge is 2.35. The lowest BCUT2D eigenvalue weighted by atomic mass is 9.99. The van der Waals surface area contributed by atoms with Crippen molar-refractivity contribution >= 4 is 28.3 Å². The zero-order valence-corrected chi connectivity index (χ0v) is 16.9. The smallest absolute Gasteiger partial charge is 0.246 e. The van der Waals surface area contributed by atoms with Gasteiger partial charge in [0.2, 0.25) is 15.9 Å². The number of methoxy groups -OCH3 is 2. The summed E-state index contributed by atoms with van der Waals surface area (Å²) in [5.74, 6) is -1.46. The highest BCUT2D eigenvalue weighted by Crippen LogP contribution is 2.34. The summed E-state index contributed by atoms with van der Waals surface area (Å²) in [5.41, 5.74) is 5.36. The molecule has 0 spiro atoms. The molecule has 0 bridgehead atoms. The van der Waals surface area contributed by atoms with Crippen molar-refractivity contribution in [2.24, 2.45) is 11.7 Å². The van der Waals surface area contributed by atoms with Gasteiger partial charge in [0, 0.05) is 38.3 Å². The summed E-state index contributed by atoms with van der Waals surface area (Å²) in [5, 5.41) is 2.66. The third-order valence-electron chi connectivity index (χ3n) is 4.25. The molecule has 27 heavy (non-hydrogen) atoms. The summed E-state index contributed by atoms with van der Waals surface area (Å²) in [4.78, 5) is 11.6. The summed E-state index contributed by atoms with van der Waals surface area (Å²) in [7, 11) is -1.45. The third-order valence-corrected chi connectivity index (χ3v) is 6.13. The Kier molecular flexibility index (Phi) is 8.73. The molecule has 1 fully saturated rings. The average Bonchev–Trinajstić information content (AvgIpc) is 2.65. The van der Waals surface area contributed by atoms with Crippen LogP contribution in [-0.2, 0) is 14.8 Å². The van der Waals surface area contributed by atoms with Crippen LogP contribution in [0.3, 0.4) is 0 Å². The quantitative estimate of drug-likeness (QED) is 0.666. The van der Waals surface area contributed by atoms with E-state index in [4.69, 9.17) is 15.2 Å². The van der Waals surface area contributed by atoms with E-state index in [1.54, 1.807) is 0 Å². The fraction of sp³-hybridized carbons (Fsp3) is 0.562. The van der Waals surface area contributed by atoms with Gasteiger partial charge in [-0.15, -0.1) is 12.4 Å². The van der Waals surface area contributed by atoms with Crippen LogP contribution in [0.5, 0.6) is 11.5 Å². The van der Waals surface area contributed by atoms with Crippen LogP contribution >= 0.6 is 12.4 Å². The van der Waals surface area contributed by atoms with Crippen LogP contribution in [0.4, 0.5) is 4.39 Å². The number of nitrogens with two attached hydrogens (primary N) is 1. The van der Waals surface area contributed by atoms with Crippen molar-refractivity contribution in [3.8, 4) is 11.5 Å². The van der Waals surface area contributed by atoms with E-state index in [1.807, 2.05) is 0 Å². The molecule has 1 aromatic rings. The Labute approximate surface area is 164 Å². The Bertz CT molecular complexity index is 763. The fourth-order valence-electron chi connectivity index (χ4n) is 2.89. The maximum absolute atomic E-state index is 14.4. The van der Waals surface area contributed by atoms with Gasteiger partial charge < -0.3 is 20.5 Å². The van der Waals surface area contributed by atoms with Crippen LogP contribution in [0.2, 0.25) is 0 Å². The molecular weight excluding hydrogens is 401 g/mol. The van der Waals surface area contributed by atoms with E-state index in [0.29, 0.717) is 25.9 Å². The van der Waals surface area contributed by atoms with Crippen molar-refractivity contribution in [3.05, 3.63) is 17.9 Å². The van der Waals surface area contributed by atoms with Crippen molar-refractivity contribution in [1.29, 1.82) is 0 Å². The normalized spacial score (nSPS) is 17.7. The average molecular weight is 426 g/mol. The first-order valence-corrected chi connectivity index (χ1v) is 9.68. The van der Waals surface area contributed by atoms with Crippen molar-refractivity contribution in [3.63, 3.8) is 0 Å². The molecule has 154 valence electrons. The van der Waals surface area contributed by atoms with Crippen LogP contribution in [0.1, 0.15) is 12.8 Å². The second-order valence-electron chi connectivity index (χ2n) is 5.92. The predicted octanol–water partition coefficient (Wildman–Crippen LogP) is 0.740. The van der Waals surface area contributed by atoms with Gasteiger partial charge in [0.15, 0.2) is 11.5 Å². The largest absolute Gasteiger partial charge is 0.493 e. The third kappa shape index (κ3) is 5.22. The molecule has 0 saturated carbocycles. The monoisotopic (exact) mass is 425 g/mol. The number of amides is 1. The van der Waals surface area contributed by atoms with Gasteiger partial charge in [-0.1, -0.05) is 0 Å². The van der Waals surface area contributed by atoms with Crippen molar-refractivity contribution in [2.45, 2.75) is 17.7 Å². The molecule has 1 unspecified atom stereocenters. The van der Waals surface area contributed by atoms with Crippen molar-refractivity contribution in [2.75, 3.05) is 40.4 Å². The molecular formula is C16H25ClFN3O5S. The van der Waals surface area contributed by atoms with Crippen molar-refractivity contribution < 1.29 is 27.1 Å². The van der Waals surface area contributed by atoms with Crippen LogP contribution in [0.15, 0.2) is 17.0 Å². The first-order valence-electron chi connectivity index (χ1n) is 8.24. The van der Waals surface area contributed by atoms with Gasteiger partial charge in [-0.3, -0.25) is 4.79 Å². The molecule has 1 heterocycles.